The molecule has 0 aliphatic carbocycles. The predicted molar refractivity (Wildman–Crippen MR) is 78.6 cm³/mol. The zero-order valence-corrected chi connectivity index (χ0v) is 13.0. The Bertz CT molecular complexity index is 729. The van der Waals surface area contributed by atoms with Crippen molar-refractivity contribution in [2.45, 2.75) is 19.6 Å². The number of anilines is 1. The number of nitrogens with zero attached hydrogens (tertiary/aromatic N) is 2. The molecule has 124 valence electrons. The van der Waals surface area contributed by atoms with E-state index in [-0.39, 0.29) is 6.54 Å². The van der Waals surface area contributed by atoms with Crippen LogP contribution in [0.25, 0.3) is 0 Å². The van der Waals surface area contributed by atoms with Crippen molar-refractivity contribution in [1.82, 2.24) is 9.78 Å². The number of hydrogen-bond donors (Lipinski definition) is 1. The van der Waals surface area contributed by atoms with E-state index in [4.69, 9.17) is 16.3 Å². The molecule has 1 amide bonds. The van der Waals surface area contributed by atoms with Crippen LogP contribution in [-0.4, -0.2) is 22.8 Å². The molecule has 0 saturated heterocycles. The minimum absolute atomic E-state index is 0.352. The van der Waals surface area contributed by atoms with Gasteiger partial charge in [0.15, 0.2) is 5.69 Å². The van der Waals surface area contributed by atoms with Crippen molar-refractivity contribution in [2.75, 3.05) is 12.4 Å². The summed E-state index contributed by atoms with van der Waals surface area (Å²) in [7, 11) is 1.42. The highest BCUT2D eigenvalue weighted by Gasteiger charge is 2.33. The van der Waals surface area contributed by atoms with Gasteiger partial charge in [-0.05, 0) is 24.6 Å². The van der Waals surface area contributed by atoms with Crippen LogP contribution in [-0.2, 0) is 17.5 Å². The van der Waals surface area contributed by atoms with Crippen LogP contribution in [0.15, 0.2) is 24.4 Å². The van der Waals surface area contributed by atoms with E-state index >= 15 is 0 Å². The first kappa shape index (κ1) is 17.1. The Kier molecular flexibility index (Phi) is 4.84. The third-order valence-electron chi connectivity index (χ3n) is 2.99. The number of ether oxygens (including phenoxy) is 1. The van der Waals surface area contributed by atoms with Gasteiger partial charge in [0.1, 0.15) is 12.3 Å². The molecule has 0 bridgehead atoms. The van der Waals surface area contributed by atoms with E-state index in [2.05, 4.69) is 10.4 Å². The largest absolute Gasteiger partial charge is 0.495 e. The van der Waals surface area contributed by atoms with Gasteiger partial charge in [-0.1, -0.05) is 11.6 Å². The number of carbonyl (C=O) groups excluding carboxylic acids is 1. The van der Waals surface area contributed by atoms with E-state index in [0.717, 1.165) is 22.5 Å². The van der Waals surface area contributed by atoms with Crippen LogP contribution in [0.1, 0.15) is 11.3 Å². The zero-order valence-electron chi connectivity index (χ0n) is 12.2. The number of methoxy groups -OCH3 is 1. The Balaban J connectivity index is 2.11. The maximum atomic E-state index is 12.5. The van der Waals surface area contributed by atoms with Crippen molar-refractivity contribution in [1.29, 1.82) is 0 Å². The number of alkyl halides is 3. The van der Waals surface area contributed by atoms with Gasteiger partial charge in [0, 0.05) is 17.3 Å². The second-order valence-electron chi connectivity index (χ2n) is 4.75. The lowest BCUT2D eigenvalue weighted by Gasteiger charge is -2.12. The fourth-order valence-electron chi connectivity index (χ4n) is 1.87. The van der Waals surface area contributed by atoms with Gasteiger partial charge in [-0.3, -0.25) is 9.48 Å². The topological polar surface area (TPSA) is 56.1 Å². The average Bonchev–Trinajstić information content (AvgIpc) is 2.91. The quantitative estimate of drug-likeness (QED) is 0.920. The number of benzene rings is 1. The Hall–Kier alpha value is -2.22. The SMILES string of the molecule is COc1cc(Cl)c(C)cc1NC(=O)Cn1ccc(C(F)(F)F)n1. The van der Waals surface area contributed by atoms with E-state index in [0.29, 0.717) is 16.5 Å². The minimum Gasteiger partial charge on any atom is -0.495 e. The molecule has 0 unspecified atom stereocenters. The molecule has 0 spiro atoms. The number of hydrogen-bond acceptors (Lipinski definition) is 3. The number of halogens is 4. The number of aryl methyl sites for hydroxylation is 1. The van der Waals surface area contributed by atoms with Crippen molar-refractivity contribution in [3.05, 3.63) is 40.7 Å². The first-order valence-corrected chi connectivity index (χ1v) is 6.83. The molecule has 1 heterocycles. The van der Waals surface area contributed by atoms with Crippen LogP contribution in [0.5, 0.6) is 5.75 Å². The van der Waals surface area contributed by atoms with Gasteiger partial charge in [-0.2, -0.15) is 18.3 Å². The van der Waals surface area contributed by atoms with E-state index < -0.39 is 17.8 Å². The number of nitrogens with one attached hydrogen (secondary N) is 1. The molecule has 1 aromatic heterocycles. The fraction of sp³-hybridized carbons (Fsp3) is 0.286. The lowest BCUT2D eigenvalue weighted by molar-refractivity contribution is -0.141. The first-order chi connectivity index (χ1) is 10.7. The smallest absolute Gasteiger partial charge is 0.435 e. The van der Waals surface area contributed by atoms with E-state index in [1.165, 1.54) is 7.11 Å². The molecule has 0 aliphatic rings. The molecule has 2 rings (SSSR count). The Morgan fingerprint density at radius 3 is 2.70 bits per heavy atom. The number of amides is 1. The van der Waals surface area contributed by atoms with Gasteiger partial charge in [0.25, 0.3) is 0 Å². The highest BCUT2D eigenvalue weighted by molar-refractivity contribution is 6.31. The van der Waals surface area contributed by atoms with Gasteiger partial charge < -0.3 is 10.1 Å². The van der Waals surface area contributed by atoms with Gasteiger partial charge in [-0.25, -0.2) is 0 Å². The normalized spacial score (nSPS) is 11.4. The molecule has 0 saturated carbocycles. The third-order valence-corrected chi connectivity index (χ3v) is 3.40. The summed E-state index contributed by atoms with van der Waals surface area (Å²) in [5.41, 5.74) is 0.0500. The van der Waals surface area contributed by atoms with Gasteiger partial charge in [-0.15, -0.1) is 0 Å². The van der Waals surface area contributed by atoms with Crippen molar-refractivity contribution in [2.24, 2.45) is 0 Å². The van der Waals surface area contributed by atoms with E-state index in [1.807, 2.05) is 0 Å². The monoisotopic (exact) mass is 347 g/mol. The lowest BCUT2D eigenvalue weighted by atomic mass is 10.2. The highest BCUT2D eigenvalue weighted by atomic mass is 35.5. The van der Waals surface area contributed by atoms with Gasteiger partial charge in [0.05, 0.1) is 12.8 Å². The van der Waals surface area contributed by atoms with Crippen molar-refractivity contribution in [3.63, 3.8) is 0 Å². The standard InChI is InChI=1S/C14H13ClF3N3O2/c1-8-5-10(11(23-2)6-9(8)15)19-13(22)7-21-4-3-12(20-21)14(16,17)18/h3-6H,7H2,1-2H3,(H,19,22). The van der Waals surface area contributed by atoms with Crippen LogP contribution >= 0.6 is 11.6 Å². The predicted octanol–water partition coefficient (Wildman–Crippen LogP) is 3.51. The zero-order chi connectivity index (χ0) is 17.2. The summed E-state index contributed by atoms with van der Waals surface area (Å²) in [6.07, 6.45) is -3.45. The van der Waals surface area contributed by atoms with Crippen LogP contribution in [0, 0.1) is 6.92 Å². The molecule has 23 heavy (non-hydrogen) atoms. The van der Waals surface area contributed by atoms with Gasteiger partial charge in [0.2, 0.25) is 5.91 Å². The summed E-state index contributed by atoms with van der Waals surface area (Å²) in [4.78, 5) is 12.0. The van der Waals surface area contributed by atoms with E-state index in [9.17, 15) is 18.0 Å². The Morgan fingerprint density at radius 2 is 2.13 bits per heavy atom. The third kappa shape index (κ3) is 4.16. The van der Waals surface area contributed by atoms with Crippen molar-refractivity contribution >= 4 is 23.2 Å². The molecular formula is C14H13ClF3N3O2. The second kappa shape index (κ2) is 6.49. The fourth-order valence-corrected chi connectivity index (χ4v) is 2.02. The molecule has 0 fully saturated rings. The first-order valence-electron chi connectivity index (χ1n) is 6.45. The Labute approximate surface area is 135 Å². The molecule has 1 N–H and O–H groups in total. The lowest BCUT2D eigenvalue weighted by Crippen LogP contribution is -2.20. The number of aromatic nitrogens is 2. The summed E-state index contributed by atoms with van der Waals surface area (Å²) >= 11 is 5.96. The second-order valence-corrected chi connectivity index (χ2v) is 5.15. The molecular weight excluding hydrogens is 335 g/mol. The average molecular weight is 348 g/mol. The number of rotatable bonds is 4. The maximum absolute atomic E-state index is 12.5. The molecule has 0 atom stereocenters. The molecule has 2 aromatic rings. The molecule has 1 aromatic carbocycles. The van der Waals surface area contributed by atoms with Crippen LogP contribution in [0.2, 0.25) is 5.02 Å². The molecule has 5 nitrogen and oxygen atoms in total. The van der Waals surface area contributed by atoms with Gasteiger partial charge >= 0.3 is 6.18 Å². The van der Waals surface area contributed by atoms with E-state index in [1.54, 1.807) is 19.1 Å². The molecule has 0 aliphatic heterocycles. The number of carbonyl (C=O) groups is 1. The molecule has 9 heteroatoms. The summed E-state index contributed by atoms with van der Waals surface area (Å²) in [5, 5.41) is 6.35. The molecule has 0 radical (unpaired) electrons. The summed E-state index contributed by atoms with van der Waals surface area (Å²) in [6, 6.07) is 3.96. The Morgan fingerprint density at radius 1 is 1.43 bits per heavy atom. The van der Waals surface area contributed by atoms with Crippen LogP contribution in [0.4, 0.5) is 18.9 Å². The summed E-state index contributed by atoms with van der Waals surface area (Å²) in [6.45, 7) is 1.39. The maximum Gasteiger partial charge on any atom is 0.435 e. The minimum atomic E-state index is -4.54. The highest BCUT2D eigenvalue weighted by Crippen LogP contribution is 2.31. The van der Waals surface area contributed by atoms with Crippen molar-refractivity contribution < 1.29 is 22.7 Å². The summed E-state index contributed by atoms with van der Waals surface area (Å²) < 4.78 is 43.4. The van der Waals surface area contributed by atoms with Crippen LogP contribution < -0.4 is 10.1 Å². The van der Waals surface area contributed by atoms with Crippen LogP contribution in [0.3, 0.4) is 0 Å². The van der Waals surface area contributed by atoms with Crippen molar-refractivity contribution in [3.8, 4) is 5.75 Å². The summed E-state index contributed by atoms with van der Waals surface area (Å²) in [5.74, 6) is -0.188.